The van der Waals surface area contributed by atoms with E-state index in [0.29, 0.717) is 19.6 Å². The molecular formula is C13H16F3N5. The zero-order chi connectivity index (χ0) is 15.3. The molecule has 0 unspecified atom stereocenters. The van der Waals surface area contributed by atoms with Crippen molar-refractivity contribution in [2.45, 2.75) is 12.7 Å². The molecule has 0 fully saturated rings. The van der Waals surface area contributed by atoms with Crippen molar-refractivity contribution in [1.29, 1.82) is 0 Å². The molecule has 0 aliphatic heterocycles. The van der Waals surface area contributed by atoms with Gasteiger partial charge in [0, 0.05) is 38.7 Å². The van der Waals surface area contributed by atoms with Crippen LogP contribution < -0.4 is 10.6 Å². The number of nitrogens with zero attached hydrogens (tertiary/aromatic N) is 3. The summed E-state index contributed by atoms with van der Waals surface area (Å²) in [6.45, 7) is 1.39. The second-order valence-electron chi connectivity index (χ2n) is 4.46. The monoisotopic (exact) mass is 299 g/mol. The standard InChI is InChI=1S/C13H16F3N5/c1-21-8-7-18-11(21)9-17-5-6-20-12-10(13(14,15)16)3-2-4-19-12/h2-4,7-8,17H,5-6,9H2,1H3,(H,19,20). The van der Waals surface area contributed by atoms with Crippen LogP contribution in [-0.2, 0) is 19.8 Å². The fourth-order valence-corrected chi connectivity index (χ4v) is 1.81. The van der Waals surface area contributed by atoms with Crippen LogP contribution >= 0.6 is 0 Å². The van der Waals surface area contributed by atoms with E-state index in [1.54, 1.807) is 6.20 Å². The van der Waals surface area contributed by atoms with Crippen molar-refractivity contribution < 1.29 is 13.2 Å². The predicted molar refractivity (Wildman–Crippen MR) is 72.6 cm³/mol. The zero-order valence-corrected chi connectivity index (χ0v) is 11.5. The summed E-state index contributed by atoms with van der Waals surface area (Å²) in [7, 11) is 1.88. The lowest BCUT2D eigenvalue weighted by atomic mass is 10.2. The average molecular weight is 299 g/mol. The molecule has 0 atom stereocenters. The molecule has 5 nitrogen and oxygen atoms in total. The molecule has 0 bridgehead atoms. The second kappa shape index (κ2) is 6.57. The highest BCUT2D eigenvalue weighted by atomic mass is 19.4. The van der Waals surface area contributed by atoms with Gasteiger partial charge in [0.1, 0.15) is 11.6 Å². The normalized spacial score (nSPS) is 11.6. The smallest absolute Gasteiger partial charge is 0.368 e. The number of anilines is 1. The maximum atomic E-state index is 12.7. The minimum absolute atomic E-state index is 0.149. The van der Waals surface area contributed by atoms with E-state index >= 15 is 0 Å². The molecule has 0 radical (unpaired) electrons. The summed E-state index contributed by atoms with van der Waals surface area (Å²) in [5, 5.41) is 5.80. The minimum Gasteiger partial charge on any atom is -0.368 e. The summed E-state index contributed by atoms with van der Waals surface area (Å²) < 4.78 is 40.1. The molecule has 0 saturated carbocycles. The highest BCUT2D eigenvalue weighted by molar-refractivity contribution is 5.45. The third-order valence-electron chi connectivity index (χ3n) is 2.91. The van der Waals surface area contributed by atoms with Gasteiger partial charge in [-0.3, -0.25) is 0 Å². The Bertz CT molecular complexity index is 579. The lowest BCUT2D eigenvalue weighted by Gasteiger charge is -2.13. The number of hydrogen-bond donors (Lipinski definition) is 2. The fraction of sp³-hybridized carbons (Fsp3) is 0.385. The quantitative estimate of drug-likeness (QED) is 0.802. The summed E-state index contributed by atoms with van der Waals surface area (Å²) >= 11 is 0. The fourth-order valence-electron chi connectivity index (χ4n) is 1.81. The molecule has 0 aliphatic rings. The van der Waals surface area contributed by atoms with Crippen LogP contribution in [-0.4, -0.2) is 27.6 Å². The van der Waals surface area contributed by atoms with E-state index in [2.05, 4.69) is 20.6 Å². The predicted octanol–water partition coefficient (Wildman–Crippen LogP) is 2.04. The second-order valence-corrected chi connectivity index (χ2v) is 4.46. The van der Waals surface area contributed by atoms with E-state index in [1.165, 1.54) is 12.3 Å². The lowest BCUT2D eigenvalue weighted by Crippen LogP contribution is -2.24. The van der Waals surface area contributed by atoms with Crippen molar-refractivity contribution in [1.82, 2.24) is 19.9 Å². The maximum Gasteiger partial charge on any atom is 0.419 e. The minimum atomic E-state index is -4.41. The molecule has 0 aromatic carbocycles. The summed E-state index contributed by atoms with van der Waals surface area (Å²) in [4.78, 5) is 7.87. The summed E-state index contributed by atoms with van der Waals surface area (Å²) in [5.41, 5.74) is -0.755. The third kappa shape index (κ3) is 4.19. The first kappa shape index (κ1) is 15.3. The Morgan fingerprint density at radius 2 is 2.00 bits per heavy atom. The summed E-state index contributed by atoms with van der Waals surface area (Å²) in [5.74, 6) is 0.715. The van der Waals surface area contributed by atoms with E-state index in [9.17, 15) is 13.2 Å². The molecule has 0 spiro atoms. The van der Waals surface area contributed by atoms with Gasteiger partial charge in [-0.25, -0.2) is 9.97 Å². The lowest BCUT2D eigenvalue weighted by molar-refractivity contribution is -0.137. The third-order valence-corrected chi connectivity index (χ3v) is 2.91. The van der Waals surface area contributed by atoms with Gasteiger partial charge < -0.3 is 15.2 Å². The number of pyridine rings is 1. The van der Waals surface area contributed by atoms with Gasteiger partial charge in [-0.2, -0.15) is 13.2 Å². The zero-order valence-electron chi connectivity index (χ0n) is 11.5. The highest BCUT2D eigenvalue weighted by Gasteiger charge is 2.33. The number of aromatic nitrogens is 3. The van der Waals surface area contributed by atoms with Gasteiger partial charge in [-0.15, -0.1) is 0 Å². The Labute approximate surface area is 120 Å². The van der Waals surface area contributed by atoms with E-state index < -0.39 is 11.7 Å². The SMILES string of the molecule is Cn1ccnc1CNCCNc1ncccc1C(F)(F)F. The summed E-state index contributed by atoms with van der Waals surface area (Å²) in [6, 6.07) is 2.28. The number of halogens is 3. The van der Waals surface area contributed by atoms with E-state index in [4.69, 9.17) is 0 Å². The highest BCUT2D eigenvalue weighted by Crippen LogP contribution is 2.33. The average Bonchev–Trinajstić information content (AvgIpc) is 2.83. The van der Waals surface area contributed by atoms with Crippen molar-refractivity contribution in [3.05, 3.63) is 42.1 Å². The Morgan fingerprint density at radius 3 is 2.67 bits per heavy atom. The van der Waals surface area contributed by atoms with Crippen molar-refractivity contribution in [3.63, 3.8) is 0 Å². The molecule has 2 rings (SSSR count). The first-order valence-corrected chi connectivity index (χ1v) is 6.41. The van der Waals surface area contributed by atoms with E-state index in [0.717, 1.165) is 11.9 Å². The van der Waals surface area contributed by atoms with Gasteiger partial charge >= 0.3 is 6.18 Å². The molecule has 0 amide bonds. The van der Waals surface area contributed by atoms with Crippen molar-refractivity contribution in [2.24, 2.45) is 7.05 Å². The molecule has 114 valence electrons. The van der Waals surface area contributed by atoms with E-state index in [-0.39, 0.29) is 5.82 Å². The number of hydrogen-bond acceptors (Lipinski definition) is 4. The molecule has 8 heteroatoms. The van der Waals surface area contributed by atoms with Crippen LogP contribution in [0.25, 0.3) is 0 Å². The Hall–Kier alpha value is -2.09. The van der Waals surface area contributed by atoms with Crippen LogP contribution in [0.5, 0.6) is 0 Å². The van der Waals surface area contributed by atoms with Crippen LogP contribution in [0.3, 0.4) is 0 Å². The maximum absolute atomic E-state index is 12.7. The largest absolute Gasteiger partial charge is 0.419 e. The van der Waals surface area contributed by atoms with Gasteiger partial charge in [0.2, 0.25) is 0 Å². The Balaban J connectivity index is 1.80. The Morgan fingerprint density at radius 1 is 1.19 bits per heavy atom. The number of alkyl halides is 3. The van der Waals surface area contributed by atoms with Crippen LogP contribution in [0.1, 0.15) is 11.4 Å². The van der Waals surface area contributed by atoms with Crippen LogP contribution in [0.4, 0.5) is 19.0 Å². The van der Waals surface area contributed by atoms with Crippen LogP contribution in [0.15, 0.2) is 30.7 Å². The number of imidazole rings is 1. The number of aryl methyl sites for hydroxylation is 1. The molecule has 0 aliphatic carbocycles. The van der Waals surface area contributed by atoms with Crippen molar-refractivity contribution in [2.75, 3.05) is 18.4 Å². The number of nitrogens with one attached hydrogen (secondary N) is 2. The van der Waals surface area contributed by atoms with Crippen molar-refractivity contribution in [3.8, 4) is 0 Å². The van der Waals surface area contributed by atoms with Gasteiger partial charge in [0.15, 0.2) is 0 Å². The first-order chi connectivity index (χ1) is 9.98. The van der Waals surface area contributed by atoms with Gasteiger partial charge in [0.05, 0.1) is 12.1 Å². The van der Waals surface area contributed by atoms with E-state index in [1.807, 2.05) is 17.8 Å². The molecule has 21 heavy (non-hydrogen) atoms. The molecule has 2 aromatic rings. The first-order valence-electron chi connectivity index (χ1n) is 6.41. The molecular weight excluding hydrogens is 283 g/mol. The number of rotatable bonds is 6. The summed E-state index contributed by atoms with van der Waals surface area (Å²) in [6.07, 6.45) is 0.452. The van der Waals surface area contributed by atoms with Crippen molar-refractivity contribution >= 4 is 5.82 Å². The molecule has 2 aromatic heterocycles. The van der Waals surface area contributed by atoms with Crippen LogP contribution in [0.2, 0.25) is 0 Å². The topological polar surface area (TPSA) is 54.8 Å². The van der Waals surface area contributed by atoms with Gasteiger partial charge in [0.25, 0.3) is 0 Å². The van der Waals surface area contributed by atoms with Gasteiger partial charge in [-0.05, 0) is 12.1 Å². The Kier molecular flexibility index (Phi) is 4.79. The van der Waals surface area contributed by atoms with Crippen LogP contribution in [0, 0.1) is 0 Å². The molecule has 0 saturated heterocycles. The van der Waals surface area contributed by atoms with Gasteiger partial charge in [-0.1, -0.05) is 0 Å². The molecule has 2 N–H and O–H groups in total. The molecule has 2 heterocycles.